The molecule has 0 aromatic rings. The number of hydrogen-bond donors (Lipinski definition) is 0. The minimum absolute atomic E-state index is 0.00639. The molecule has 1 heterocycles. The number of carbonyl (C=O) groups excluding carboxylic acids is 2. The third-order valence-electron chi connectivity index (χ3n) is 3.18. The lowest BCUT2D eigenvalue weighted by Crippen LogP contribution is -2.36. The smallest absolute Gasteiger partial charge is 0.233 e. The lowest BCUT2D eigenvalue weighted by Gasteiger charge is -2.29. The first kappa shape index (κ1) is 11.9. The minimum atomic E-state index is -0.115. The summed E-state index contributed by atoms with van der Waals surface area (Å²) in [6, 6.07) is 0. The van der Waals surface area contributed by atoms with E-state index in [1.165, 1.54) is 4.90 Å². The third-order valence-corrected chi connectivity index (χ3v) is 5.46. The number of nitrogens with zero attached hydrogens (tertiary/aromatic N) is 1. The van der Waals surface area contributed by atoms with Crippen molar-refractivity contribution in [2.24, 2.45) is 5.92 Å². The number of likely N-dealkylation sites (tertiary alicyclic amines) is 1. The molecule has 0 radical (unpaired) electrons. The van der Waals surface area contributed by atoms with Crippen molar-refractivity contribution in [3.05, 3.63) is 0 Å². The van der Waals surface area contributed by atoms with Crippen LogP contribution in [0.2, 0.25) is 0 Å². The zero-order valence-electron chi connectivity index (χ0n) is 8.84. The van der Waals surface area contributed by atoms with Crippen LogP contribution in [0.4, 0.5) is 0 Å². The van der Waals surface area contributed by atoms with E-state index < -0.39 is 0 Å². The highest BCUT2D eigenvalue weighted by atomic mass is 127. The van der Waals surface area contributed by atoms with E-state index in [1.54, 1.807) is 7.05 Å². The maximum atomic E-state index is 11.8. The second-order valence-corrected chi connectivity index (χ2v) is 5.94. The number of rotatable bonds is 3. The molecule has 1 rings (SSSR count). The molecule has 14 heavy (non-hydrogen) atoms. The largest absolute Gasteiger partial charge is 0.285 e. The van der Waals surface area contributed by atoms with Crippen LogP contribution in [0.1, 0.15) is 33.1 Å². The maximum Gasteiger partial charge on any atom is 0.233 e. The zero-order valence-corrected chi connectivity index (χ0v) is 11.0. The fourth-order valence-electron chi connectivity index (χ4n) is 1.90. The summed E-state index contributed by atoms with van der Waals surface area (Å²) in [5.41, 5.74) is 0. The van der Waals surface area contributed by atoms with E-state index in [1.807, 2.05) is 0 Å². The van der Waals surface area contributed by atoms with Crippen LogP contribution in [-0.2, 0) is 9.59 Å². The second-order valence-electron chi connectivity index (χ2n) is 3.79. The Balaban J connectivity index is 2.90. The van der Waals surface area contributed by atoms with Crippen molar-refractivity contribution in [1.29, 1.82) is 0 Å². The summed E-state index contributed by atoms with van der Waals surface area (Å²) in [4.78, 5) is 24.4. The van der Waals surface area contributed by atoms with Gasteiger partial charge in [0.15, 0.2) is 0 Å². The molecule has 3 nitrogen and oxygen atoms in total. The van der Waals surface area contributed by atoms with Crippen LogP contribution in [0.3, 0.4) is 0 Å². The molecule has 1 fully saturated rings. The molecule has 2 amide bonds. The molecule has 1 aliphatic heterocycles. The fraction of sp³-hybridized carbons (Fsp3) is 0.800. The Morgan fingerprint density at radius 3 is 2.21 bits per heavy atom. The van der Waals surface area contributed by atoms with Gasteiger partial charge in [0.05, 0.1) is 5.92 Å². The zero-order chi connectivity index (χ0) is 10.9. The molecular formula is C10H16INO2. The van der Waals surface area contributed by atoms with E-state index in [-0.39, 0.29) is 21.2 Å². The Bertz CT molecular complexity index is 261. The summed E-state index contributed by atoms with van der Waals surface area (Å²) in [6.07, 6.45) is 2.25. The van der Waals surface area contributed by atoms with Gasteiger partial charge in [-0.3, -0.25) is 14.5 Å². The van der Waals surface area contributed by atoms with Crippen LogP contribution in [0.25, 0.3) is 0 Å². The average Bonchev–Trinajstić information content (AvgIpc) is 2.45. The van der Waals surface area contributed by atoms with Crippen LogP contribution in [-0.4, -0.2) is 27.2 Å². The van der Waals surface area contributed by atoms with Gasteiger partial charge in [-0.05, 0) is 12.8 Å². The molecule has 0 aliphatic carbocycles. The maximum absolute atomic E-state index is 11.8. The molecular weight excluding hydrogens is 293 g/mol. The van der Waals surface area contributed by atoms with Crippen molar-refractivity contribution < 1.29 is 9.59 Å². The first-order chi connectivity index (χ1) is 6.46. The summed E-state index contributed by atoms with van der Waals surface area (Å²) in [5.74, 6) is -0.161. The van der Waals surface area contributed by atoms with Crippen LogP contribution in [0.15, 0.2) is 0 Å². The van der Waals surface area contributed by atoms with Gasteiger partial charge in [-0.2, -0.15) is 0 Å². The SMILES string of the molecule is CCC(I)(CC)C1CC(=O)N(C)C1=O. The molecule has 80 valence electrons. The number of halogens is 1. The van der Waals surface area contributed by atoms with E-state index in [0.717, 1.165) is 12.8 Å². The van der Waals surface area contributed by atoms with E-state index in [0.29, 0.717) is 6.42 Å². The van der Waals surface area contributed by atoms with Crippen molar-refractivity contribution >= 4 is 34.4 Å². The predicted octanol–water partition coefficient (Wildman–Crippen LogP) is 1.99. The van der Waals surface area contributed by atoms with Gasteiger partial charge >= 0.3 is 0 Å². The molecule has 1 aliphatic rings. The molecule has 4 heteroatoms. The van der Waals surface area contributed by atoms with E-state index >= 15 is 0 Å². The summed E-state index contributed by atoms with van der Waals surface area (Å²) in [7, 11) is 1.58. The van der Waals surface area contributed by atoms with Gasteiger partial charge in [-0.15, -0.1) is 0 Å². The quantitative estimate of drug-likeness (QED) is 0.454. The molecule has 0 spiro atoms. The van der Waals surface area contributed by atoms with Crippen molar-refractivity contribution in [2.45, 2.75) is 36.5 Å². The first-order valence-electron chi connectivity index (χ1n) is 4.95. The normalized spacial score (nSPS) is 23.4. The number of amides is 2. The van der Waals surface area contributed by atoms with Crippen LogP contribution in [0.5, 0.6) is 0 Å². The highest BCUT2D eigenvalue weighted by molar-refractivity contribution is 14.1. The minimum Gasteiger partial charge on any atom is -0.285 e. The van der Waals surface area contributed by atoms with Crippen molar-refractivity contribution in [1.82, 2.24) is 4.90 Å². The second kappa shape index (κ2) is 4.16. The molecule has 0 bridgehead atoms. The molecule has 1 atom stereocenters. The van der Waals surface area contributed by atoms with Crippen molar-refractivity contribution in [2.75, 3.05) is 7.05 Å². The van der Waals surface area contributed by atoms with Gasteiger partial charge in [-0.1, -0.05) is 36.4 Å². The Morgan fingerprint density at radius 2 is 1.93 bits per heavy atom. The Hall–Kier alpha value is -0.130. The Labute approximate surface area is 98.4 Å². The first-order valence-corrected chi connectivity index (χ1v) is 6.03. The van der Waals surface area contributed by atoms with Crippen LogP contribution < -0.4 is 0 Å². The topological polar surface area (TPSA) is 37.4 Å². The molecule has 0 saturated carbocycles. The summed E-state index contributed by atoms with van der Waals surface area (Å²) in [6.45, 7) is 4.15. The van der Waals surface area contributed by atoms with Gasteiger partial charge in [-0.25, -0.2) is 0 Å². The molecule has 0 N–H and O–H groups in total. The fourth-order valence-corrected chi connectivity index (χ4v) is 2.39. The Kier molecular flexibility index (Phi) is 3.55. The van der Waals surface area contributed by atoms with Gasteiger partial charge in [0, 0.05) is 16.9 Å². The standard InChI is InChI=1S/C10H16INO2/c1-4-10(11,5-2)7-6-8(13)12(3)9(7)14/h7H,4-6H2,1-3H3. The summed E-state index contributed by atoms with van der Waals surface area (Å²) >= 11 is 2.34. The third kappa shape index (κ3) is 1.81. The highest BCUT2D eigenvalue weighted by Crippen LogP contribution is 2.41. The molecule has 0 aromatic carbocycles. The van der Waals surface area contributed by atoms with Gasteiger partial charge < -0.3 is 0 Å². The number of alkyl halides is 1. The summed E-state index contributed by atoms with van der Waals surface area (Å²) in [5, 5.41) is 0. The number of hydrogen-bond acceptors (Lipinski definition) is 2. The van der Waals surface area contributed by atoms with Crippen molar-refractivity contribution in [3.8, 4) is 0 Å². The molecule has 1 saturated heterocycles. The number of carbonyl (C=O) groups is 2. The molecule has 0 aromatic heterocycles. The van der Waals surface area contributed by atoms with Crippen molar-refractivity contribution in [3.63, 3.8) is 0 Å². The molecule has 1 unspecified atom stereocenters. The monoisotopic (exact) mass is 309 g/mol. The lowest BCUT2D eigenvalue weighted by molar-refractivity contribution is -0.137. The van der Waals surface area contributed by atoms with Gasteiger partial charge in [0.25, 0.3) is 0 Å². The van der Waals surface area contributed by atoms with Gasteiger partial charge in [0.1, 0.15) is 0 Å². The van der Waals surface area contributed by atoms with Crippen LogP contribution in [0, 0.1) is 5.92 Å². The number of imide groups is 1. The van der Waals surface area contributed by atoms with Crippen LogP contribution >= 0.6 is 22.6 Å². The highest BCUT2D eigenvalue weighted by Gasteiger charge is 2.46. The lowest BCUT2D eigenvalue weighted by atomic mass is 9.86. The van der Waals surface area contributed by atoms with E-state index in [2.05, 4.69) is 36.4 Å². The van der Waals surface area contributed by atoms with E-state index in [9.17, 15) is 9.59 Å². The van der Waals surface area contributed by atoms with Gasteiger partial charge in [0.2, 0.25) is 11.8 Å². The summed E-state index contributed by atoms with van der Waals surface area (Å²) < 4.78 is -0.0464. The average molecular weight is 309 g/mol. The van der Waals surface area contributed by atoms with E-state index in [4.69, 9.17) is 0 Å². The predicted molar refractivity (Wildman–Crippen MR) is 63.2 cm³/mol. The Morgan fingerprint density at radius 1 is 1.43 bits per heavy atom.